The minimum atomic E-state index is -3.63. The number of rotatable bonds is 8. The molecule has 0 saturated heterocycles. The molecule has 0 aliphatic carbocycles. The van der Waals surface area contributed by atoms with Gasteiger partial charge in [-0.2, -0.15) is 5.26 Å². The van der Waals surface area contributed by atoms with E-state index in [9.17, 15) is 13.2 Å². The Hall–Kier alpha value is -2.73. The average molecular weight is 373 g/mol. The highest BCUT2D eigenvalue weighted by Gasteiger charge is 2.15. The molecule has 0 aliphatic rings. The molecule has 0 saturated carbocycles. The van der Waals surface area contributed by atoms with Gasteiger partial charge in [-0.1, -0.05) is 12.1 Å². The zero-order valence-corrected chi connectivity index (χ0v) is 15.0. The van der Waals surface area contributed by atoms with Gasteiger partial charge in [0.25, 0.3) is 5.91 Å². The molecular weight excluding hydrogens is 354 g/mol. The molecule has 1 amide bonds. The molecule has 8 heteroatoms. The van der Waals surface area contributed by atoms with Crippen LogP contribution in [0.25, 0.3) is 0 Å². The number of hydrogen-bond donors (Lipinski definition) is 2. The van der Waals surface area contributed by atoms with Crippen LogP contribution in [0.3, 0.4) is 0 Å². The lowest BCUT2D eigenvalue weighted by Gasteiger charge is -2.09. The summed E-state index contributed by atoms with van der Waals surface area (Å²) in [6.07, 6.45) is 0.564. The van der Waals surface area contributed by atoms with Gasteiger partial charge in [-0.3, -0.25) is 4.79 Å². The van der Waals surface area contributed by atoms with Gasteiger partial charge in [0.05, 0.1) is 16.1 Å². The fraction of sp³-hybridized carbons (Fsp3) is 0.222. The van der Waals surface area contributed by atoms with Gasteiger partial charge < -0.3 is 10.1 Å². The van der Waals surface area contributed by atoms with E-state index in [-0.39, 0.29) is 17.0 Å². The van der Waals surface area contributed by atoms with Gasteiger partial charge in [0.2, 0.25) is 10.0 Å². The van der Waals surface area contributed by atoms with Crippen molar-refractivity contribution in [3.8, 4) is 6.07 Å². The summed E-state index contributed by atoms with van der Waals surface area (Å²) in [6, 6.07) is 14.2. The highest BCUT2D eigenvalue weighted by molar-refractivity contribution is 7.89. The van der Waals surface area contributed by atoms with Crippen molar-refractivity contribution in [1.82, 2.24) is 4.72 Å². The molecule has 2 aromatic rings. The van der Waals surface area contributed by atoms with E-state index < -0.39 is 15.9 Å². The summed E-state index contributed by atoms with van der Waals surface area (Å²) < 4.78 is 31.7. The zero-order valence-electron chi connectivity index (χ0n) is 14.2. The van der Waals surface area contributed by atoms with Crippen LogP contribution in [0.15, 0.2) is 53.4 Å². The molecule has 0 aliphatic heterocycles. The van der Waals surface area contributed by atoms with E-state index in [1.807, 2.05) is 6.07 Å². The van der Waals surface area contributed by atoms with E-state index in [0.29, 0.717) is 24.3 Å². The molecule has 0 spiro atoms. The van der Waals surface area contributed by atoms with Gasteiger partial charge in [0, 0.05) is 25.8 Å². The van der Waals surface area contributed by atoms with Crippen molar-refractivity contribution in [2.24, 2.45) is 0 Å². The van der Waals surface area contributed by atoms with E-state index in [1.165, 1.54) is 24.3 Å². The van der Waals surface area contributed by atoms with Crippen molar-refractivity contribution in [2.75, 3.05) is 25.6 Å². The Balaban J connectivity index is 2.06. The van der Waals surface area contributed by atoms with E-state index in [0.717, 1.165) is 0 Å². The van der Waals surface area contributed by atoms with Crippen molar-refractivity contribution in [1.29, 1.82) is 5.26 Å². The lowest BCUT2D eigenvalue weighted by molar-refractivity contribution is 0.102. The normalized spacial score (nSPS) is 10.9. The highest BCUT2D eigenvalue weighted by Crippen LogP contribution is 2.16. The molecule has 0 fully saturated rings. The molecule has 136 valence electrons. The van der Waals surface area contributed by atoms with E-state index in [1.54, 1.807) is 31.4 Å². The lowest BCUT2D eigenvalue weighted by Crippen LogP contribution is -2.25. The van der Waals surface area contributed by atoms with Crippen LogP contribution in [0.5, 0.6) is 0 Å². The molecule has 0 bridgehead atoms. The highest BCUT2D eigenvalue weighted by atomic mass is 32.2. The van der Waals surface area contributed by atoms with Crippen LogP contribution >= 0.6 is 0 Å². The Morgan fingerprint density at radius 2 is 1.85 bits per heavy atom. The first kappa shape index (κ1) is 19.6. The first-order chi connectivity index (χ1) is 12.5. The second-order valence-corrected chi connectivity index (χ2v) is 7.15. The molecule has 7 nitrogen and oxygen atoms in total. The fourth-order valence-corrected chi connectivity index (χ4v) is 3.25. The summed E-state index contributed by atoms with van der Waals surface area (Å²) in [5, 5.41) is 11.7. The van der Waals surface area contributed by atoms with Crippen molar-refractivity contribution in [3.63, 3.8) is 0 Å². The topological polar surface area (TPSA) is 108 Å². The molecule has 0 atom stereocenters. The van der Waals surface area contributed by atoms with Crippen LogP contribution in [0.2, 0.25) is 0 Å². The third-order valence-corrected chi connectivity index (χ3v) is 5.02. The molecular formula is C18H19N3O4S. The van der Waals surface area contributed by atoms with Crippen LogP contribution in [-0.4, -0.2) is 34.6 Å². The maximum absolute atomic E-state index is 12.3. The maximum atomic E-state index is 12.3. The summed E-state index contributed by atoms with van der Waals surface area (Å²) in [5.41, 5.74) is 1.04. The van der Waals surface area contributed by atoms with Crippen molar-refractivity contribution in [3.05, 3.63) is 59.7 Å². The number of ether oxygens (including phenoxy) is 1. The lowest BCUT2D eigenvalue weighted by atomic mass is 10.1. The molecule has 26 heavy (non-hydrogen) atoms. The number of para-hydroxylation sites is 1. The Morgan fingerprint density at radius 1 is 1.15 bits per heavy atom. The van der Waals surface area contributed by atoms with Gasteiger partial charge in [0.15, 0.2) is 0 Å². The van der Waals surface area contributed by atoms with Gasteiger partial charge in [-0.25, -0.2) is 13.1 Å². The summed E-state index contributed by atoms with van der Waals surface area (Å²) in [6.45, 7) is 0.731. The van der Waals surface area contributed by atoms with Crippen LogP contribution in [0.4, 0.5) is 5.69 Å². The summed E-state index contributed by atoms with van der Waals surface area (Å²) >= 11 is 0. The summed E-state index contributed by atoms with van der Waals surface area (Å²) in [5.74, 6) is -0.426. The largest absolute Gasteiger partial charge is 0.385 e. The minimum Gasteiger partial charge on any atom is -0.385 e. The van der Waals surface area contributed by atoms with Crippen molar-refractivity contribution in [2.45, 2.75) is 11.3 Å². The SMILES string of the molecule is COCCCNS(=O)(=O)c1ccc(C(=O)Nc2ccccc2C#N)cc1. The number of carbonyl (C=O) groups excluding carboxylic acids is 1. The number of carbonyl (C=O) groups is 1. The smallest absolute Gasteiger partial charge is 0.255 e. The summed E-state index contributed by atoms with van der Waals surface area (Å²) in [7, 11) is -2.08. The molecule has 0 heterocycles. The first-order valence-corrected chi connectivity index (χ1v) is 9.35. The number of nitrogens with one attached hydrogen (secondary N) is 2. The number of hydrogen-bond acceptors (Lipinski definition) is 5. The minimum absolute atomic E-state index is 0.0730. The standard InChI is InChI=1S/C18H19N3O4S/c1-25-12-4-11-20-26(23,24)16-9-7-14(8-10-16)18(22)21-17-6-3-2-5-15(17)13-19/h2-3,5-10,20H,4,11-12H2,1H3,(H,21,22). The number of benzene rings is 2. The van der Waals surface area contributed by atoms with Gasteiger partial charge in [-0.15, -0.1) is 0 Å². The molecule has 0 unspecified atom stereocenters. The third kappa shape index (κ3) is 5.13. The number of sulfonamides is 1. The van der Waals surface area contributed by atoms with Crippen LogP contribution in [-0.2, 0) is 14.8 Å². The quantitative estimate of drug-likeness (QED) is 0.689. The fourth-order valence-electron chi connectivity index (χ4n) is 2.18. The van der Waals surface area contributed by atoms with Crippen LogP contribution < -0.4 is 10.0 Å². The second-order valence-electron chi connectivity index (χ2n) is 5.38. The number of nitrogens with zero attached hydrogens (tertiary/aromatic N) is 1. The summed E-state index contributed by atoms with van der Waals surface area (Å²) in [4.78, 5) is 12.4. The van der Waals surface area contributed by atoms with E-state index in [2.05, 4.69) is 10.0 Å². The Morgan fingerprint density at radius 3 is 2.50 bits per heavy atom. The monoisotopic (exact) mass is 373 g/mol. The number of amides is 1. The predicted octanol–water partition coefficient (Wildman–Crippen LogP) is 2.13. The first-order valence-electron chi connectivity index (χ1n) is 7.87. The van der Waals surface area contributed by atoms with E-state index in [4.69, 9.17) is 10.00 Å². The average Bonchev–Trinajstić information content (AvgIpc) is 2.66. The second kappa shape index (κ2) is 9.10. The van der Waals surface area contributed by atoms with Gasteiger partial charge in [-0.05, 0) is 42.8 Å². The Labute approximate surface area is 152 Å². The van der Waals surface area contributed by atoms with Gasteiger partial charge >= 0.3 is 0 Å². The molecule has 2 aromatic carbocycles. The Kier molecular flexibility index (Phi) is 6.86. The molecule has 0 aromatic heterocycles. The van der Waals surface area contributed by atoms with Gasteiger partial charge in [0.1, 0.15) is 6.07 Å². The molecule has 2 N–H and O–H groups in total. The number of methoxy groups -OCH3 is 1. The zero-order chi connectivity index (χ0) is 19.0. The molecule has 0 radical (unpaired) electrons. The van der Waals surface area contributed by atoms with Crippen molar-refractivity contribution >= 4 is 21.6 Å². The van der Waals surface area contributed by atoms with E-state index >= 15 is 0 Å². The van der Waals surface area contributed by atoms with Crippen LogP contribution in [0, 0.1) is 11.3 Å². The predicted molar refractivity (Wildman–Crippen MR) is 97.2 cm³/mol. The van der Waals surface area contributed by atoms with Crippen LogP contribution in [0.1, 0.15) is 22.3 Å². The molecule has 2 rings (SSSR count). The number of nitriles is 1. The Bertz CT molecular complexity index is 903. The third-order valence-electron chi connectivity index (χ3n) is 3.54. The number of anilines is 1. The maximum Gasteiger partial charge on any atom is 0.255 e. The van der Waals surface area contributed by atoms with Crippen molar-refractivity contribution < 1.29 is 17.9 Å².